The number of hydrogen-bond donors (Lipinski definition) is 1. The number of benzene rings is 2. The van der Waals surface area contributed by atoms with Crippen molar-refractivity contribution in [3.8, 4) is 11.5 Å². The summed E-state index contributed by atoms with van der Waals surface area (Å²) in [5, 5.41) is 2.14. The minimum absolute atomic E-state index is 0.0800. The second-order valence-corrected chi connectivity index (χ2v) is 5.52. The van der Waals surface area contributed by atoms with Crippen molar-refractivity contribution in [2.45, 2.75) is 19.2 Å². The first-order valence-corrected chi connectivity index (χ1v) is 7.57. The third kappa shape index (κ3) is 4.79. The maximum absolute atomic E-state index is 13.1. The summed E-state index contributed by atoms with van der Waals surface area (Å²) >= 11 is 5.61. The van der Waals surface area contributed by atoms with E-state index in [1.807, 2.05) is 0 Å². The molecule has 2 aromatic rings. The second-order valence-electron chi connectivity index (χ2n) is 5.09. The molecule has 0 aliphatic carbocycles. The zero-order valence-electron chi connectivity index (χ0n) is 13.4. The Labute approximate surface area is 147 Å². The van der Waals surface area contributed by atoms with Gasteiger partial charge in [-0.3, -0.25) is 4.79 Å². The molecule has 25 heavy (non-hydrogen) atoms. The van der Waals surface area contributed by atoms with Crippen molar-refractivity contribution in [1.29, 1.82) is 0 Å². The van der Waals surface area contributed by atoms with Gasteiger partial charge in [0.05, 0.1) is 18.4 Å². The Hall–Kier alpha value is -2.41. The molecule has 0 aliphatic rings. The van der Waals surface area contributed by atoms with Crippen LogP contribution >= 0.6 is 11.6 Å². The molecule has 0 radical (unpaired) electrons. The number of hydrogen-bond acceptors (Lipinski definition) is 3. The summed E-state index contributed by atoms with van der Waals surface area (Å²) in [7, 11) is 1.44. The van der Waals surface area contributed by atoms with Crippen LogP contribution < -0.4 is 14.8 Å². The van der Waals surface area contributed by atoms with Crippen molar-refractivity contribution in [1.82, 2.24) is 0 Å². The smallest absolute Gasteiger partial charge is 0.418 e. The van der Waals surface area contributed by atoms with E-state index < -0.39 is 29.4 Å². The predicted octanol–water partition coefficient (Wildman–Crippen LogP) is 4.77. The van der Waals surface area contributed by atoms with E-state index >= 15 is 0 Å². The summed E-state index contributed by atoms with van der Waals surface area (Å²) in [4.78, 5) is 12.2. The number of amides is 1. The Morgan fingerprint density at radius 3 is 2.40 bits per heavy atom. The zero-order valence-corrected chi connectivity index (χ0v) is 14.1. The van der Waals surface area contributed by atoms with Crippen LogP contribution in [0.2, 0.25) is 5.02 Å². The Morgan fingerprint density at radius 1 is 1.16 bits per heavy atom. The van der Waals surface area contributed by atoms with E-state index in [0.29, 0.717) is 11.5 Å². The maximum Gasteiger partial charge on any atom is 0.418 e. The highest BCUT2D eigenvalue weighted by atomic mass is 35.5. The first-order chi connectivity index (χ1) is 11.7. The molecule has 0 saturated heterocycles. The highest BCUT2D eigenvalue weighted by Crippen LogP contribution is 2.36. The van der Waals surface area contributed by atoms with Crippen molar-refractivity contribution in [3.63, 3.8) is 0 Å². The molecule has 2 rings (SSSR count). The number of rotatable bonds is 5. The van der Waals surface area contributed by atoms with Gasteiger partial charge in [0.25, 0.3) is 5.91 Å². The van der Waals surface area contributed by atoms with E-state index in [4.69, 9.17) is 21.1 Å². The van der Waals surface area contributed by atoms with E-state index in [2.05, 4.69) is 5.32 Å². The molecular formula is C17H15ClF3NO3. The fourth-order valence-electron chi connectivity index (χ4n) is 2.05. The fourth-order valence-corrected chi connectivity index (χ4v) is 2.23. The van der Waals surface area contributed by atoms with Gasteiger partial charge in [0.15, 0.2) is 17.6 Å². The predicted molar refractivity (Wildman–Crippen MR) is 88.2 cm³/mol. The van der Waals surface area contributed by atoms with Crippen LogP contribution in [0.3, 0.4) is 0 Å². The largest absolute Gasteiger partial charge is 0.493 e. The molecule has 0 saturated carbocycles. The van der Waals surface area contributed by atoms with Gasteiger partial charge >= 0.3 is 6.18 Å². The van der Waals surface area contributed by atoms with Crippen LogP contribution in [0.25, 0.3) is 0 Å². The molecular weight excluding hydrogens is 359 g/mol. The number of alkyl halides is 3. The number of nitrogens with one attached hydrogen (secondary N) is 1. The Bertz CT molecular complexity index is 765. The van der Waals surface area contributed by atoms with Crippen LogP contribution in [0, 0.1) is 0 Å². The lowest BCUT2D eigenvalue weighted by molar-refractivity contribution is -0.137. The van der Waals surface area contributed by atoms with Crippen molar-refractivity contribution in [3.05, 3.63) is 53.1 Å². The minimum atomic E-state index is -4.65. The van der Waals surface area contributed by atoms with Gasteiger partial charge in [-0.1, -0.05) is 23.7 Å². The van der Waals surface area contributed by atoms with Crippen LogP contribution in [-0.2, 0) is 11.0 Å². The molecule has 4 nitrogen and oxygen atoms in total. The summed E-state index contributed by atoms with van der Waals surface area (Å²) in [6, 6.07) is 9.75. The first-order valence-electron chi connectivity index (χ1n) is 7.19. The molecule has 0 aromatic heterocycles. The second kappa shape index (κ2) is 7.65. The van der Waals surface area contributed by atoms with Gasteiger partial charge in [-0.25, -0.2) is 0 Å². The van der Waals surface area contributed by atoms with Gasteiger partial charge in [-0.15, -0.1) is 0 Å². The van der Waals surface area contributed by atoms with Crippen LogP contribution in [-0.4, -0.2) is 19.1 Å². The van der Waals surface area contributed by atoms with Gasteiger partial charge in [0.2, 0.25) is 0 Å². The lowest BCUT2D eigenvalue weighted by atomic mass is 10.1. The lowest BCUT2D eigenvalue weighted by Gasteiger charge is -2.18. The van der Waals surface area contributed by atoms with Crippen LogP contribution in [0.1, 0.15) is 12.5 Å². The molecule has 8 heteroatoms. The van der Waals surface area contributed by atoms with Gasteiger partial charge in [-0.2, -0.15) is 13.2 Å². The van der Waals surface area contributed by atoms with E-state index in [0.717, 1.165) is 12.1 Å². The standard InChI is InChI=1S/C17H15ClF3NO3/c1-10(25-15-6-4-3-5-14(15)24-2)16(23)22-13-8-7-11(18)9-12(13)17(19,20)21/h3-10H,1-2H3,(H,22,23)/t10-/m0/s1. The molecule has 0 fully saturated rings. The summed E-state index contributed by atoms with van der Waals surface area (Å²) in [5.41, 5.74) is -1.42. The highest BCUT2D eigenvalue weighted by Gasteiger charge is 2.34. The summed E-state index contributed by atoms with van der Waals surface area (Å²) in [6.45, 7) is 1.42. The Morgan fingerprint density at radius 2 is 1.80 bits per heavy atom. The molecule has 1 atom stereocenters. The number of methoxy groups -OCH3 is 1. The van der Waals surface area contributed by atoms with Gasteiger partial charge in [0, 0.05) is 5.02 Å². The maximum atomic E-state index is 13.1. The Kier molecular flexibility index (Phi) is 5.79. The topological polar surface area (TPSA) is 47.6 Å². The minimum Gasteiger partial charge on any atom is -0.493 e. The SMILES string of the molecule is COc1ccccc1O[C@@H](C)C(=O)Nc1ccc(Cl)cc1C(F)(F)F. The molecule has 2 aromatic carbocycles. The third-order valence-electron chi connectivity index (χ3n) is 3.29. The van der Waals surface area contributed by atoms with Crippen LogP contribution in [0.15, 0.2) is 42.5 Å². The van der Waals surface area contributed by atoms with Crippen molar-refractivity contribution in [2.75, 3.05) is 12.4 Å². The van der Waals surface area contributed by atoms with Crippen molar-refractivity contribution >= 4 is 23.2 Å². The lowest BCUT2D eigenvalue weighted by Crippen LogP contribution is -2.31. The van der Waals surface area contributed by atoms with E-state index in [1.54, 1.807) is 24.3 Å². The molecule has 0 heterocycles. The highest BCUT2D eigenvalue weighted by molar-refractivity contribution is 6.30. The monoisotopic (exact) mass is 373 g/mol. The van der Waals surface area contributed by atoms with Crippen molar-refractivity contribution < 1.29 is 27.4 Å². The quantitative estimate of drug-likeness (QED) is 0.821. The van der Waals surface area contributed by atoms with Gasteiger partial charge in [0.1, 0.15) is 0 Å². The molecule has 1 N–H and O–H groups in total. The molecule has 134 valence electrons. The third-order valence-corrected chi connectivity index (χ3v) is 3.52. The van der Waals surface area contributed by atoms with E-state index in [1.165, 1.54) is 20.1 Å². The first kappa shape index (κ1) is 18.9. The molecule has 0 bridgehead atoms. The Balaban J connectivity index is 2.17. The normalized spacial score (nSPS) is 12.4. The van der Waals surface area contributed by atoms with Crippen LogP contribution in [0.5, 0.6) is 11.5 Å². The van der Waals surface area contributed by atoms with Gasteiger partial charge < -0.3 is 14.8 Å². The summed E-state index contributed by atoms with van der Waals surface area (Å²) in [5.74, 6) is -0.0249. The molecule has 1 amide bonds. The summed E-state index contributed by atoms with van der Waals surface area (Å²) in [6.07, 6.45) is -5.70. The molecule has 0 unspecified atom stereocenters. The van der Waals surface area contributed by atoms with Gasteiger partial charge in [-0.05, 0) is 37.3 Å². The number of carbonyl (C=O) groups excluding carboxylic acids is 1. The fraction of sp³-hybridized carbons (Fsp3) is 0.235. The van der Waals surface area contributed by atoms with E-state index in [-0.39, 0.29) is 5.02 Å². The number of para-hydroxylation sites is 2. The number of anilines is 1. The van der Waals surface area contributed by atoms with E-state index in [9.17, 15) is 18.0 Å². The molecule has 0 aliphatic heterocycles. The summed E-state index contributed by atoms with van der Waals surface area (Å²) < 4.78 is 49.8. The number of halogens is 4. The number of ether oxygens (including phenoxy) is 2. The average molecular weight is 374 g/mol. The number of carbonyl (C=O) groups is 1. The van der Waals surface area contributed by atoms with Crippen LogP contribution in [0.4, 0.5) is 18.9 Å². The van der Waals surface area contributed by atoms with Crippen molar-refractivity contribution in [2.24, 2.45) is 0 Å². The average Bonchev–Trinajstić information content (AvgIpc) is 2.56. The zero-order chi connectivity index (χ0) is 18.6. The molecule has 0 spiro atoms.